The van der Waals surface area contributed by atoms with Crippen LogP contribution in [0.3, 0.4) is 0 Å². The van der Waals surface area contributed by atoms with Crippen molar-refractivity contribution in [2.24, 2.45) is 0 Å². The molecule has 1 heterocycles. The van der Waals surface area contributed by atoms with Crippen LogP contribution in [0.25, 0.3) is 0 Å². The first kappa shape index (κ1) is 8.17. The molecule has 0 amide bonds. The van der Waals surface area contributed by atoms with Crippen LogP contribution in [0.4, 0.5) is 0 Å². The van der Waals surface area contributed by atoms with E-state index >= 15 is 0 Å². The Labute approximate surface area is 63.5 Å². The molecular weight excluding hydrogens is 150 g/mol. The van der Waals surface area contributed by atoms with Gasteiger partial charge in [0.25, 0.3) is 0 Å². The lowest BCUT2D eigenvalue weighted by molar-refractivity contribution is 0.0258. The van der Waals surface area contributed by atoms with E-state index in [0.717, 1.165) is 13.1 Å². The number of aliphatic hydroxyl groups is 1. The van der Waals surface area contributed by atoms with E-state index in [1.165, 1.54) is 0 Å². The molecule has 0 aliphatic carbocycles. The molecule has 1 rings (SSSR count). The molecule has 4 heteroatoms. The highest BCUT2D eigenvalue weighted by molar-refractivity contribution is 7.85. The molecule has 1 aliphatic rings. The van der Waals surface area contributed by atoms with Gasteiger partial charge in [-0.3, -0.25) is 9.11 Å². The first-order chi connectivity index (χ1) is 4.70. The summed E-state index contributed by atoms with van der Waals surface area (Å²) in [5.41, 5.74) is 0. The van der Waals surface area contributed by atoms with Crippen molar-refractivity contribution in [2.45, 2.75) is 13.2 Å². The van der Waals surface area contributed by atoms with Gasteiger partial charge in [-0.25, -0.2) is 0 Å². The second-order valence-corrected chi connectivity index (χ2v) is 4.21. The summed E-state index contributed by atoms with van der Waals surface area (Å²) in [6.45, 7) is 3.28. The smallest absolute Gasteiger partial charge is 0.104 e. The molecule has 0 aromatic heterocycles. The molecule has 0 spiro atoms. The van der Waals surface area contributed by atoms with E-state index in [-0.39, 0.29) is 6.23 Å². The van der Waals surface area contributed by atoms with Crippen LogP contribution in [0, 0.1) is 0 Å². The largest absolute Gasteiger partial charge is 0.379 e. The Hall–Kier alpha value is 0.0700. The van der Waals surface area contributed by atoms with Gasteiger partial charge in [-0.1, -0.05) is 0 Å². The van der Waals surface area contributed by atoms with Crippen molar-refractivity contribution in [1.29, 1.82) is 0 Å². The van der Waals surface area contributed by atoms with Crippen molar-refractivity contribution < 1.29 is 9.32 Å². The summed E-state index contributed by atoms with van der Waals surface area (Å²) in [5, 5.41) is 9.09. The molecule has 0 radical (unpaired) electrons. The zero-order valence-electron chi connectivity index (χ0n) is 6.12. The molecule has 1 fully saturated rings. The minimum absolute atomic E-state index is 0.378. The van der Waals surface area contributed by atoms with Crippen LogP contribution in [-0.4, -0.2) is 45.0 Å². The summed E-state index contributed by atoms with van der Waals surface area (Å²) in [7, 11) is -0.630. The molecule has 0 saturated carbocycles. The molecule has 10 heavy (non-hydrogen) atoms. The molecule has 0 aromatic rings. The number of aliphatic hydroxyl groups excluding tert-OH is 1. The summed E-state index contributed by atoms with van der Waals surface area (Å²) < 4.78 is 10.8. The standard InChI is InChI=1S/C6H13NO2S/c1-6(8)7-2-4-10(9)5-3-7/h6,8H,2-5H2,1H3. The van der Waals surface area contributed by atoms with Crippen molar-refractivity contribution in [3.05, 3.63) is 0 Å². The van der Waals surface area contributed by atoms with Crippen molar-refractivity contribution in [3.8, 4) is 0 Å². The van der Waals surface area contributed by atoms with Crippen molar-refractivity contribution in [1.82, 2.24) is 4.90 Å². The van der Waals surface area contributed by atoms with E-state index in [1.807, 2.05) is 4.90 Å². The maximum atomic E-state index is 10.8. The van der Waals surface area contributed by atoms with Gasteiger partial charge < -0.3 is 5.11 Å². The quantitative estimate of drug-likeness (QED) is 0.560. The molecule has 1 N–H and O–H groups in total. The van der Waals surface area contributed by atoms with E-state index < -0.39 is 10.8 Å². The second kappa shape index (κ2) is 3.46. The van der Waals surface area contributed by atoms with Crippen LogP contribution in [0.1, 0.15) is 6.92 Å². The van der Waals surface area contributed by atoms with E-state index in [0.29, 0.717) is 11.5 Å². The zero-order chi connectivity index (χ0) is 7.56. The molecular formula is C6H13NO2S. The Kier molecular flexibility index (Phi) is 2.82. The van der Waals surface area contributed by atoms with Gasteiger partial charge in [-0.15, -0.1) is 0 Å². The number of hydrogen-bond acceptors (Lipinski definition) is 3. The third kappa shape index (κ3) is 2.04. The Bertz CT molecular complexity index is 128. The fourth-order valence-electron chi connectivity index (χ4n) is 1.03. The Morgan fingerprint density at radius 3 is 2.40 bits per heavy atom. The zero-order valence-corrected chi connectivity index (χ0v) is 6.93. The lowest BCUT2D eigenvalue weighted by atomic mass is 10.4. The third-order valence-corrected chi connectivity index (χ3v) is 3.02. The van der Waals surface area contributed by atoms with Gasteiger partial charge in [0.05, 0.1) is 0 Å². The average Bonchev–Trinajstić information content (AvgIpc) is 1.88. The highest BCUT2D eigenvalue weighted by atomic mass is 32.2. The monoisotopic (exact) mass is 163 g/mol. The normalized spacial score (nSPS) is 26.6. The lowest BCUT2D eigenvalue weighted by Crippen LogP contribution is -2.42. The van der Waals surface area contributed by atoms with Crippen molar-refractivity contribution in [2.75, 3.05) is 24.6 Å². The summed E-state index contributed by atoms with van der Waals surface area (Å²) in [6, 6.07) is 0. The van der Waals surface area contributed by atoms with Crippen molar-refractivity contribution in [3.63, 3.8) is 0 Å². The Morgan fingerprint density at radius 2 is 2.00 bits per heavy atom. The van der Waals surface area contributed by atoms with Crippen LogP contribution in [0.5, 0.6) is 0 Å². The third-order valence-electron chi connectivity index (χ3n) is 1.74. The predicted octanol–water partition coefficient (Wildman–Crippen LogP) is -0.611. The van der Waals surface area contributed by atoms with Crippen LogP contribution >= 0.6 is 0 Å². The maximum absolute atomic E-state index is 10.8. The van der Waals surface area contributed by atoms with E-state index in [9.17, 15) is 4.21 Å². The van der Waals surface area contributed by atoms with Crippen LogP contribution < -0.4 is 0 Å². The van der Waals surface area contributed by atoms with Gasteiger partial charge in [0.2, 0.25) is 0 Å². The van der Waals surface area contributed by atoms with Crippen LogP contribution in [0.2, 0.25) is 0 Å². The number of rotatable bonds is 1. The first-order valence-corrected chi connectivity index (χ1v) is 4.96. The van der Waals surface area contributed by atoms with Gasteiger partial charge >= 0.3 is 0 Å². The molecule has 0 aromatic carbocycles. The van der Waals surface area contributed by atoms with Gasteiger partial charge in [-0.2, -0.15) is 0 Å². The van der Waals surface area contributed by atoms with Crippen LogP contribution in [0.15, 0.2) is 0 Å². The average molecular weight is 163 g/mol. The van der Waals surface area contributed by atoms with Gasteiger partial charge in [-0.05, 0) is 6.92 Å². The fraction of sp³-hybridized carbons (Fsp3) is 1.00. The van der Waals surface area contributed by atoms with E-state index in [1.54, 1.807) is 6.92 Å². The predicted molar refractivity (Wildman–Crippen MR) is 41.1 cm³/mol. The van der Waals surface area contributed by atoms with Gasteiger partial charge in [0.1, 0.15) is 6.23 Å². The maximum Gasteiger partial charge on any atom is 0.104 e. The molecule has 1 unspecified atom stereocenters. The van der Waals surface area contributed by atoms with Crippen molar-refractivity contribution >= 4 is 10.8 Å². The van der Waals surface area contributed by atoms with E-state index in [4.69, 9.17) is 5.11 Å². The highest BCUT2D eigenvalue weighted by Gasteiger charge is 2.17. The first-order valence-electron chi connectivity index (χ1n) is 3.47. The SMILES string of the molecule is CC(O)N1CCS(=O)CC1. The minimum Gasteiger partial charge on any atom is -0.379 e. The summed E-state index contributed by atoms with van der Waals surface area (Å²) in [5.74, 6) is 1.43. The van der Waals surface area contributed by atoms with E-state index in [2.05, 4.69) is 0 Å². The minimum atomic E-state index is -0.630. The van der Waals surface area contributed by atoms with Gasteiger partial charge in [0, 0.05) is 35.4 Å². The number of nitrogens with zero attached hydrogens (tertiary/aromatic N) is 1. The second-order valence-electron chi connectivity index (χ2n) is 2.52. The molecule has 0 bridgehead atoms. The highest BCUT2D eigenvalue weighted by Crippen LogP contribution is 2.02. The topological polar surface area (TPSA) is 40.5 Å². The fourth-order valence-corrected chi connectivity index (χ4v) is 2.11. The summed E-state index contributed by atoms with van der Waals surface area (Å²) in [6.07, 6.45) is -0.378. The Balaban J connectivity index is 2.33. The molecule has 1 saturated heterocycles. The Morgan fingerprint density at radius 1 is 1.50 bits per heavy atom. The molecule has 60 valence electrons. The van der Waals surface area contributed by atoms with Crippen LogP contribution in [-0.2, 0) is 10.8 Å². The van der Waals surface area contributed by atoms with Gasteiger partial charge in [0.15, 0.2) is 0 Å². The lowest BCUT2D eigenvalue weighted by Gasteiger charge is -2.28. The number of hydrogen-bond donors (Lipinski definition) is 1. The molecule has 1 aliphatic heterocycles. The molecule has 1 atom stereocenters. The molecule has 3 nitrogen and oxygen atoms in total. The summed E-state index contributed by atoms with van der Waals surface area (Å²) in [4.78, 5) is 1.93. The summed E-state index contributed by atoms with van der Waals surface area (Å²) >= 11 is 0.